The monoisotopic (exact) mass is 312 g/mol. The normalized spacial score (nSPS) is 13.8. The highest BCUT2D eigenvalue weighted by Gasteiger charge is 2.30. The van der Waals surface area contributed by atoms with Gasteiger partial charge >= 0.3 is 0 Å². The molecular weight excluding hydrogens is 292 g/mol. The molecule has 1 aliphatic carbocycles. The lowest BCUT2D eigenvalue weighted by molar-refractivity contribution is -0.384. The summed E-state index contributed by atoms with van der Waals surface area (Å²) in [6, 6.07) is 9.33. The van der Waals surface area contributed by atoms with E-state index in [4.69, 9.17) is 0 Å². The Kier molecular flexibility index (Phi) is 4.23. The zero-order valence-electron chi connectivity index (χ0n) is 13.4. The first-order valence-electron chi connectivity index (χ1n) is 7.91. The van der Waals surface area contributed by atoms with Gasteiger partial charge in [0.1, 0.15) is 11.6 Å². The number of hydrogen-bond acceptors (Lipinski definition) is 5. The molecule has 0 atom stereocenters. The predicted molar refractivity (Wildman–Crippen MR) is 88.4 cm³/mol. The SMILES string of the molecule is CCc1cc(N(Cc2cccc([N+](=O)[O-])c2)C2CC2)nc(C)n1. The second-order valence-electron chi connectivity index (χ2n) is 5.90. The molecule has 1 fully saturated rings. The summed E-state index contributed by atoms with van der Waals surface area (Å²) >= 11 is 0. The van der Waals surface area contributed by atoms with Crippen LogP contribution in [0.5, 0.6) is 0 Å². The minimum absolute atomic E-state index is 0.131. The van der Waals surface area contributed by atoms with E-state index in [1.54, 1.807) is 12.1 Å². The van der Waals surface area contributed by atoms with E-state index in [0.29, 0.717) is 12.6 Å². The van der Waals surface area contributed by atoms with E-state index in [-0.39, 0.29) is 10.6 Å². The summed E-state index contributed by atoms with van der Waals surface area (Å²) in [5.41, 5.74) is 2.09. The van der Waals surface area contributed by atoms with Crippen molar-refractivity contribution in [3.05, 3.63) is 57.5 Å². The average Bonchev–Trinajstić information content (AvgIpc) is 3.37. The molecular formula is C17H20N4O2. The highest BCUT2D eigenvalue weighted by molar-refractivity contribution is 5.45. The van der Waals surface area contributed by atoms with E-state index in [9.17, 15) is 10.1 Å². The van der Waals surface area contributed by atoms with E-state index < -0.39 is 0 Å². The summed E-state index contributed by atoms with van der Waals surface area (Å²) < 4.78 is 0. The van der Waals surface area contributed by atoms with Gasteiger partial charge in [-0.2, -0.15) is 0 Å². The first kappa shape index (κ1) is 15.4. The average molecular weight is 312 g/mol. The Morgan fingerprint density at radius 1 is 1.30 bits per heavy atom. The van der Waals surface area contributed by atoms with Crippen LogP contribution in [0.3, 0.4) is 0 Å². The van der Waals surface area contributed by atoms with Crippen molar-refractivity contribution in [1.29, 1.82) is 0 Å². The van der Waals surface area contributed by atoms with Gasteiger partial charge in [0.2, 0.25) is 0 Å². The van der Waals surface area contributed by atoms with Crippen molar-refractivity contribution >= 4 is 11.5 Å². The molecule has 0 unspecified atom stereocenters. The Labute approximate surface area is 135 Å². The van der Waals surface area contributed by atoms with Crippen LogP contribution in [-0.2, 0) is 13.0 Å². The number of nitro benzene ring substituents is 1. The molecule has 0 bridgehead atoms. The zero-order chi connectivity index (χ0) is 16.4. The van der Waals surface area contributed by atoms with Crippen LogP contribution in [0.2, 0.25) is 0 Å². The molecule has 6 heteroatoms. The summed E-state index contributed by atoms with van der Waals surface area (Å²) in [6.07, 6.45) is 3.14. The van der Waals surface area contributed by atoms with E-state index in [1.807, 2.05) is 19.1 Å². The lowest BCUT2D eigenvalue weighted by Crippen LogP contribution is -2.26. The van der Waals surface area contributed by atoms with E-state index in [0.717, 1.165) is 42.2 Å². The van der Waals surface area contributed by atoms with Crippen LogP contribution in [0.15, 0.2) is 30.3 Å². The first-order valence-corrected chi connectivity index (χ1v) is 7.91. The Morgan fingerprint density at radius 2 is 2.09 bits per heavy atom. The summed E-state index contributed by atoms with van der Waals surface area (Å²) in [7, 11) is 0. The van der Waals surface area contributed by atoms with Crippen LogP contribution in [0.4, 0.5) is 11.5 Å². The summed E-state index contributed by atoms with van der Waals surface area (Å²) in [5, 5.41) is 11.0. The number of aromatic nitrogens is 2. The van der Waals surface area contributed by atoms with Crippen molar-refractivity contribution < 1.29 is 4.92 Å². The van der Waals surface area contributed by atoms with Crippen molar-refractivity contribution in [2.45, 2.75) is 45.7 Å². The molecule has 23 heavy (non-hydrogen) atoms. The number of hydrogen-bond donors (Lipinski definition) is 0. The highest BCUT2D eigenvalue weighted by atomic mass is 16.6. The molecule has 0 amide bonds. The van der Waals surface area contributed by atoms with Crippen molar-refractivity contribution in [1.82, 2.24) is 9.97 Å². The third kappa shape index (κ3) is 3.64. The third-order valence-corrected chi connectivity index (χ3v) is 4.00. The third-order valence-electron chi connectivity index (χ3n) is 4.00. The Hall–Kier alpha value is -2.50. The van der Waals surface area contributed by atoms with Crippen LogP contribution < -0.4 is 4.90 Å². The molecule has 1 aliphatic rings. The number of nitrogens with zero attached hydrogens (tertiary/aromatic N) is 4. The molecule has 6 nitrogen and oxygen atoms in total. The van der Waals surface area contributed by atoms with Crippen molar-refractivity contribution in [3.63, 3.8) is 0 Å². The zero-order valence-corrected chi connectivity index (χ0v) is 13.4. The second kappa shape index (κ2) is 6.32. The summed E-state index contributed by atoms with van der Waals surface area (Å²) in [4.78, 5) is 21.9. The quantitative estimate of drug-likeness (QED) is 0.603. The first-order chi connectivity index (χ1) is 11.1. The largest absolute Gasteiger partial charge is 0.349 e. The Bertz CT molecular complexity index is 728. The van der Waals surface area contributed by atoms with E-state index in [1.165, 1.54) is 6.07 Å². The fourth-order valence-corrected chi connectivity index (χ4v) is 2.69. The van der Waals surface area contributed by atoms with Gasteiger partial charge in [-0.15, -0.1) is 0 Å². The molecule has 3 rings (SSSR count). The van der Waals surface area contributed by atoms with Crippen molar-refractivity contribution in [2.24, 2.45) is 0 Å². The smallest absolute Gasteiger partial charge is 0.269 e. The van der Waals surface area contributed by atoms with Gasteiger partial charge in [0, 0.05) is 36.5 Å². The Morgan fingerprint density at radius 3 is 2.74 bits per heavy atom. The molecule has 0 radical (unpaired) electrons. The minimum Gasteiger partial charge on any atom is -0.349 e. The summed E-state index contributed by atoms with van der Waals surface area (Å²) in [6.45, 7) is 4.61. The maximum Gasteiger partial charge on any atom is 0.269 e. The lowest BCUT2D eigenvalue weighted by atomic mass is 10.2. The van der Waals surface area contributed by atoms with E-state index in [2.05, 4.69) is 21.8 Å². The fourth-order valence-electron chi connectivity index (χ4n) is 2.69. The fraction of sp³-hybridized carbons (Fsp3) is 0.412. The molecule has 0 N–H and O–H groups in total. The number of nitro groups is 1. The molecule has 2 aromatic rings. The van der Waals surface area contributed by atoms with Crippen molar-refractivity contribution in [2.75, 3.05) is 4.90 Å². The van der Waals surface area contributed by atoms with Gasteiger partial charge in [-0.1, -0.05) is 19.1 Å². The van der Waals surface area contributed by atoms with Gasteiger partial charge in [-0.3, -0.25) is 10.1 Å². The molecule has 0 aliphatic heterocycles. The standard InChI is InChI=1S/C17H20N4O2/c1-3-14-10-17(19-12(2)18-14)20(15-7-8-15)11-13-5-4-6-16(9-13)21(22)23/h4-6,9-10,15H,3,7-8,11H2,1-2H3. The minimum atomic E-state index is -0.352. The molecule has 1 saturated carbocycles. The van der Waals surface area contributed by atoms with Crippen LogP contribution >= 0.6 is 0 Å². The molecule has 0 spiro atoms. The number of rotatable bonds is 6. The van der Waals surface area contributed by atoms with Gasteiger partial charge in [0.05, 0.1) is 4.92 Å². The summed E-state index contributed by atoms with van der Waals surface area (Å²) in [5.74, 6) is 1.69. The Balaban J connectivity index is 1.89. The van der Waals surface area contributed by atoms with Crippen molar-refractivity contribution in [3.8, 4) is 0 Å². The van der Waals surface area contributed by atoms with Crippen LogP contribution in [0, 0.1) is 17.0 Å². The topological polar surface area (TPSA) is 72.2 Å². The molecule has 1 aromatic carbocycles. The molecule has 1 heterocycles. The number of anilines is 1. The molecule has 1 aromatic heterocycles. The van der Waals surface area contributed by atoms with Gasteiger partial charge in [-0.05, 0) is 31.7 Å². The van der Waals surface area contributed by atoms with Crippen LogP contribution in [0.1, 0.15) is 36.8 Å². The number of aryl methyl sites for hydroxylation is 2. The predicted octanol–water partition coefficient (Wildman–Crippen LogP) is 3.42. The second-order valence-corrected chi connectivity index (χ2v) is 5.90. The molecule has 0 saturated heterocycles. The van der Waals surface area contributed by atoms with Crippen LogP contribution in [0.25, 0.3) is 0 Å². The highest BCUT2D eigenvalue weighted by Crippen LogP contribution is 2.32. The van der Waals surface area contributed by atoms with Crippen LogP contribution in [-0.4, -0.2) is 20.9 Å². The lowest BCUT2D eigenvalue weighted by Gasteiger charge is -2.24. The van der Waals surface area contributed by atoms with Gasteiger partial charge in [0.15, 0.2) is 0 Å². The van der Waals surface area contributed by atoms with E-state index >= 15 is 0 Å². The van der Waals surface area contributed by atoms with Gasteiger partial charge in [0.25, 0.3) is 5.69 Å². The number of non-ortho nitro benzene ring substituents is 1. The number of benzene rings is 1. The molecule has 120 valence electrons. The maximum atomic E-state index is 11.0. The van der Waals surface area contributed by atoms with Gasteiger partial charge < -0.3 is 4.90 Å². The maximum absolute atomic E-state index is 11.0. The van der Waals surface area contributed by atoms with Gasteiger partial charge in [-0.25, -0.2) is 9.97 Å².